The molecule has 0 spiro atoms. The first-order valence-corrected chi connectivity index (χ1v) is 8.32. The van der Waals surface area contributed by atoms with Crippen molar-refractivity contribution in [3.63, 3.8) is 0 Å². The van der Waals surface area contributed by atoms with Gasteiger partial charge in [-0.15, -0.1) is 0 Å². The van der Waals surface area contributed by atoms with E-state index in [1.807, 2.05) is 25.1 Å². The first-order chi connectivity index (χ1) is 12.5. The maximum atomic E-state index is 12.0. The normalized spacial score (nSPS) is 10.2. The predicted molar refractivity (Wildman–Crippen MR) is 96.0 cm³/mol. The van der Waals surface area contributed by atoms with E-state index in [0.29, 0.717) is 30.2 Å². The Hall–Kier alpha value is -3.09. The molecule has 7 heteroatoms. The minimum Gasteiger partial charge on any atom is -0.493 e. The van der Waals surface area contributed by atoms with Crippen LogP contribution in [0.4, 0.5) is 0 Å². The van der Waals surface area contributed by atoms with Gasteiger partial charge in [-0.3, -0.25) is 4.79 Å². The number of aryl methyl sites for hydroxylation is 1. The Morgan fingerprint density at radius 3 is 2.62 bits per heavy atom. The van der Waals surface area contributed by atoms with Gasteiger partial charge < -0.3 is 19.9 Å². The Balaban J connectivity index is 1.83. The highest BCUT2D eigenvalue weighted by molar-refractivity contribution is 5.94. The van der Waals surface area contributed by atoms with Gasteiger partial charge in [-0.25, -0.2) is 9.78 Å². The standard InChI is InChI=1S/C19H22N2O5/c1-3-26-17-11-13(6-9-16(17)25-2)5-4-10-20-18(22)14-7-8-15(19(23)24)21-12-14/h6-9,11-12H,3-5,10H2,1-2H3,(H,20,22)(H,23,24). The Morgan fingerprint density at radius 2 is 2.00 bits per heavy atom. The number of ether oxygens (including phenoxy) is 2. The zero-order valence-electron chi connectivity index (χ0n) is 14.8. The van der Waals surface area contributed by atoms with Crippen LogP contribution in [0.3, 0.4) is 0 Å². The Bertz CT molecular complexity index is 759. The fourth-order valence-electron chi connectivity index (χ4n) is 2.40. The molecule has 0 bridgehead atoms. The van der Waals surface area contributed by atoms with Gasteiger partial charge >= 0.3 is 5.97 Å². The highest BCUT2D eigenvalue weighted by atomic mass is 16.5. The predicted octanol–water partition coefficient (Wildman–Crippen LogP) is 2.55. The first-order valence-electron chi connectivity index (χ1n) is 8.32. The van der Waals surface area contributed by atoms with E-state index in [1.165, 1.54) is 18.3 Å². The van der Waals surface area contributed by atoms with Crippen LogP contribution >= 0.6 is 0 Å². The number of carboxylic acid groups (broad SMARTS) is 1. The van der Waals surface area contributed by atoms with Gasteiger partial charge in [0.15, 0.2) is 11.5 Å². The fraction of sp³-hybridized carbons (Fsp3) is 0.316. The number of nitrogens with zero attached hydrogens (tertiary/aromatic N) is 1. The van der Waals surface area contributed by atoms with Crippen molar-refractivity contribution in [3.8, 4) is 11.5 Å². The smallest absolute Gasteiger partial charge is 0.354 e. The molecule has 0 atom stereocenters. The molecule has 26 heavy (non-hydrogen) atoms. The first kappa shape index (κ1) is 19.2. The zero-order chi connectivity index (χ0) is 18.9. The molecule has 0 unspecified atom stereocenters. The van der Waals surface area contributed by atoms with Crippen LogP contribution in [0.25, 0.3) is 0 Å². The number of hydrogen-bond donors (Lipinski definition) is 2. The highest BCUT2D eigenvalue weighted by Crippen LogP contribution is 2.28. The van der Waals surface area contributed by atoms with Crippen LogP contribution in [0.5, 0.6) is 11.5 Å². The molecule has 0 aliphatic rings. The average Bonchev–Trinajstić information content (AvgIpc) is 2.65. The summed E-state index contributed by atoms with van der Waals surface area (Å²) >= 11 is 0. The van der Waals surface area contributed by atoms with Crippen molar-refractivity contribution >= 4 is 11.9 Å². The molecule has 1 aromatic heterocycles. The number of methoxy groups -OCH3 is 1. The quantitative estimate of drug-likeness (QED) is 0.669. The van der Waals surface area contributed by atoms with Crippen LogP contribution in [-0.4, -0.2) is 42.2 Å². The number of aromatic carboxylic acids is 1. The molecule has 0 radical (unpaired) electrons. The molecule has 1 amide bonds. The van der Waals surface area contributed by atoms with Crippen molar-refractivity contribution in [2.45, 2.75) is 19.8 Å². The third-order valence-corrected chi connectivity index (χ3v) is 3.70. The SMILES string of the molecule is CCOc1cc(CCCNC(=O)c2ccc(C(=O)O)nc2)ccc1OC. The Labute approximate surface area is 152 Å². The lowest BCUT2D eigenvalue weighted by atomic mass is 10.1. The maximum Gasteiger partial charge on any atom is 0.354 e. The van der Waals surface area contributed by atoms with E-state index in [1.54, 1.807) is 7.11 Å². The number of carbonyl (C=O) groups is 2. The average molecular weight is 358 g/mol. The molecule has 2 rings (SSSR count). The number of carboxylic acids is 1. The van der Waals surface area contributed by atoms with Gasteiger partial charge in [0.05, 0.1) is 19.3 Å². The van der Waals surface area contributed by atoms with Crippen molar-refractivity contribution in [2.75, 3.05) is 20.3 Å². The van der Waals surface area contributed by atoms with Crippen LogP contribution in [0.2, 0.25) is 0 Å². The molecule has 2 aromatic rings. The van der Waals surface area contributed by atoms with Crippen LogP contribution in [-0.2, 0) is 6.42 Å². The lowest BCUT2D eigenvalue weighted by Gasteiger charge is -2.11. The van der Waals surface area contributed by atoms with Gasteiger partial charge in [0.25, 0.3) is 5.91 Å². The van der Waals surface area contributed by atoms with E-state index in [9.17, 15) is 9.59 Å². The summed E-state index contributed by atoms with van der Waals surface area (Å²) < 4.78 is 10.8. The largest absolute Gasteiger partial charge is 0.493 e. The lowest BCUT2D eigenvalue weighted by molar-refractivity contribution is 0.0689. The topological polar surface area (TPSA) is 97.8 Å². The second-order valence-electron chi connectivity index (χ2n) is 5.51. The molecule has 138 valence electrons. The van der Waals surface area contributed by atoms with E-state index in [-0.39, 0.29) is 11.6 Å². The summed E-state index contributed by atoms with van der Waals surface area (Å²) in [5.41, 5.74) is 1.33. The van der Waals surface area contributed by atoms with Crippen molar-refractivity contribution in [3.05, 3.63) is 53.3 Å². The second-order valence-corrected chi connectivity index (χ2v) is 5.51. The minimum absolute atomic E-state index is 0.0915. The number of rotatable bonds is 9. The number of benzene rings is 1. The molecule has 0 saturated heterocycles. The van der Waals surface area contributed by atoms with E-state index < -0.39 is 5.97 Å². The molecular formula is C19H22N2O5. The highest BCUT2D eigenvalue weighted by Gasteiger charge is 2.09. The zero-order valence-corrected chi connectivity index (χ0v) is 14.8. The summed E-state index contributed by atoms with van der Waals surface area (Å²) in [7, 11) is 1.60. The van der Waals surface area contributed by atoms with Crippen molar-refractivity contribution in [1.29, 1.82) is 0 Å². The van der Waals surface area contributed by atoms with Crippen molar-refractivity contribution in [1.82, 2.24) is 10.3 Å². The van der Waals surface area contributed by atoms with Crippen LogP contribution in [0, 0.1) is 0 Å². The third-order valence-electron chi connectivity index (χ3n) is 3.70. The molecule has 0 fully saturated rings. The van der Waals surface area contributed by atoms with Gasteiger partial charge in [0.1, 0.15) is 5.69 Å². The van der Waals surface area contributed by atoms with E-state index in [0.717, 1.165) is 18.4 Å². The summed E-state index contributed by atoms with van der Waals surface area (Å²) in [6.07, 6.45) is 2.79. The fourth-order valence-corrected chi connectivity index (χ4v) is 2.40. The number of hydrogen-bond acceptors (Lipinski definition) is 5. The number of pyridine rings is 1. The maximum absolute atomic E-state index is 12.0. The van der Waals surface area contributed by atoms with E-state index >= 15 is 0 Å². The number of aromatic nitrogens is 1. The van der Waals surface area contributed by atoms with Gasteiger partial charge in [-0.2, -0.15) is 0 Å². The summed E-state index contributed by atoms with van der Waals surface area (Å²) in [6, 6.07) is 8.54. The van der Waals surface area contributed by atoms with Crippen LogP contribution in [0.15, 0.2) is 36.5 Å². The van der Waals surface area contributed by atoms with Gasteiger partial charge in [-0.1, -0.05) is 6.07 Å². The summed E-state index contributed by atoms with van der Waals surface area (Å²) in [5, 5.41) is 11.6. The lowest BCUT2D eigenvalue weighted by Crippen LogP contribution is -2.25. The van der Waals surface area contributed by atoms with Crippen molar-refractivity contribution in [2.24, 2.45) is 0 Å². The van der Waals surface area contributed by atoms with E-state index in [2.05, 4.69) is 10.3 Å². The van der Waals surface area contributed by atoms with Gasteiger partial charge in [0.2, 0.25) is 0 Å². The number of nitrogens with one attached hydrogen (secondary N) is 1. The molecule has 0 aliphatic heterocycles. The molecule has 7 nitrogen and oxygen atoms in total. The van der Waals surface area contributed by atoms with E-state index in [4.69, 9.17) is 14.6 Å². The van der Waals surface area contributed by atoms with Crippen LogP contribution in [0.1, 0.15) is 39.8 Å². The summed E-state index contributed by atoms with van der Waals surface area (Å²) in [4.78, 5) is 26.5. The Kier molecular flexibility index (Phi) is 6.96. The van der Waals surface area contributed by atoms with Crippen LogP contribution < -0.4 is 14.8 Å². The molecule has 1 heterocycles. The van der Waals surface area contributed by atoms with Crippen molar-refractivity contribution < 1.29 is 24.2 Å². The Morgan fingerprint density at radius 1 is 1.19 bits per heavy atom. The summed E-state index contributed by atoms with van der Waals surface area (Å²) in [5.74, 6) is 0.00406. The second kappa shape index (κ2) is 9.41. The molecule has 0 aliphatic carbocycles. The number of carbonyl (C=O) groups excluding carboxylic acids is 1. The molecule has 0 saturated carbocycles. The van der Waals surface area contributed by atoms with Gasteiger partial charge in [-0.05, 0) is 49.6 Å². The summed E-state index contributed by atoms with van der Waals surface area (Å²) in [6.45, 7) is 2.97. The minimum atomic E-state index is -1.12. The molecule has 2 N–H and O–H groups in total. The monoisotopic (exact) mass is 358 g/mol. The number of amides is 1. The van der Waals surface area contributed by atoms with Gasteiger partial charge in [0, 0.05) is 12.7 Å². The third kappa shape index (κ3) is 5.20. The molecular weight excluding hydrogens is 336 g/mol. The molecule has 1 aromatic carbocycles.